The zero-order valence-corrected chi connectivity index (χ0v) is 29.1. The highest BCUT2D eigenvalue weighted by atomic mass is 35.5. The second-order valence-corrected chi connectivity index (χ2v) is 13.9. The zero-order chi connectivity index (χ0) is 34.0. The average Bonchev–Trinajstić information content (AvgIpc) is 3.07. The number of benzene rings is 4. The van der Waals surface area contributed by atoms with Crippen molar-refractivity contribution in [3.63, 3.8) is 0 Å². The van der Waals surface area contributed by atoms with Gasteiger partial charge >= 0.3 is 0 Å². The molecule has 0 spiro atoms. The Bertz CT molecular complexity index is 1760. The number of sulfonamides is 1. The molecule has 0 saturated carbocycles. The molecular weight excluding hydrogens is 681 g/mol. The van der Waals surface area contributed by atoms with E-state index in [-0.39, 0.29) is 29.5 Å². The summed E-state index contributed by atoms with van der Waals surface area (Å²) in [5.41, 5.74) is 1.58. The highest BCUT2D eigenvalue weighted by Gasteiger charge is 2.35. The van der Waals surface area contributed by atoms with Gasteiger partial charge in [-0.3, -0.25) is 13.9 Å². The van der Waals surface area contributed by atoms with Crippen molar-refractivity contribution in [2.75, 3.05) is 24.5 Å². The second kappa shape index (κ2) is 16.9. The van der Waals surface area contributed by atoms with Gasteiger partial charge in [0, 0.05) is 34.6 Å². The predicted molar refractivity (Wildman–Crippen MR) is 188 cm³/mol. The Labute approximate surface area is 291 Å². The quantitative estimate of drug-likeness (QED) is 0.129. The topological polar surface area (TPSA) is 96.0 Å². The number of nitrogens with zero attached hydrogens (tertiary/aromatic N) is 2. The number of nitrogens with one attached hydrogen (secondary N) is 1. The van der Waals surface area contributed by atoms with Crippen LogP contribution < -0.4 is 14.4 Å². The van der Waals surface area contributed by atoms with Crippen LogP contribution in [0.25, 0.3) is 0 Å². The molecule has 248 valence electrons. The fourth-order valence-electron chi connectivity index (χ4n) is 4.90. The van der Waals surface area contributed by atoms with E-state index in [0.29, 0.717) is 32.9 Å². The maximum absolute atomic E-state index is 14.5. The van der Waals surface area contributed by atoms with E-state index in [4.69, 9.17) is 39.5 Å². The van der Waals surface area contributed by atoms with Gasteiger partial charge in [0.2, 0.25) is 11.8 Å². The lowest BCUT2D eigenvalue weighted by atomic mass is 10.0. The summed E-state index contributed by atoms with van der Waals surface area (Å²) in [5.74, 6) is -0.506. The van der Waals surface area contributed by atoms with Crippen molar-refractivity contribution in [3.05, 3.63) is 123 Å². The van der Waals surface area contributed by atoms with Crippen molar-refractivity contribution < 1.29 is 22.7 Å². The Kier molecular flexibility index (Phi) is 13.0. The number of methoxy groups -OCH3 is 1. The minimum Gasteiger partial charge on any atom is -0.497 e. The Morgan fingerprint density at radius 3 is 2.15 bits per heavy atom. The number of amides is 2. The van der Waals surface area contributed by atoms with Crippen LogP contribution in [0.5, 0.6) is 5.75 Å². The van der Waals surface area contributed by atoms with Gasteiger partial charge in [-0.25, -0.2) is 8.42 Å². The molecule has 1 N–H and O–H groups in total. The van der Waals surface area contributed by atoms with Crippen molar-refractivity contribution in [2.24, 2.45) is 0 Å². The number of ether oxygens (including phenoxy) is 1. The van der Waals surface area contributed by atoms with Gasteiger partial charge in [-0.05, 0) is 78.2 Å². The van der Waals surface area contributed by atoms with Crippen LogP contribution in [-0.4, -0.2) is 51.4 Å². The number of hydrogen-bond acceptors (Lipinski definition) is 5. The van der Waals surface area contributed by atoms with E-state index in [1.165, 1.54) is 48.4 Å². The van der Waals surface area contributed by atoms with Crippen molar-refractivity contribution in [1.29, 1.82) is 0 Å². The van der Waals surface area contributed by atoms with Gasteiger partial charge in [-0.15, -0.1) is 0 Å². The highest BCUT2D eigenvalue weighted by molar-refractivity contribution is 7.92. The van der Waals surface area contributed by atoms with Crippen LogP contribution in [0, 0.1) is 0 Å². The number of anilines is 1. The Balaban J connectivity index is 1.80. The molecule has 0 unspecified atom stereocenters. The lowest BCUT2D eigenvalue weighted by Gasteiger charge is -2.34. The first kappa shape index (κ1) is 36.1. The highest BCUT2D eigenvalue weighted by Crippen LogP contribution is 2.28. The van der Waals surface area contributed by atoms with E-state index in [2.05, 4.69) is 5.32 Å². The van der Waals surface area contributed by atoms with E-state index in [0.717, 1.165) is 22.7 Å². The van der Waals surface area contributed by atoms with E-state index in [1.807, 2.05) is 37.3 Å². The molecule has 0 radical (unpaired) electrons. The Hall–Kier alpha value is -3.76. The first-order valence-corrected chi connectivity index (χ1v) is 17.6. The normalized spacial score (nSPS) is 11.9. The standard InChI is InChI=1S/C35H36Cl3N3O5S/c1-3-4-20-39-35(43)33(21-25-8-6-5-7-9-25)40(23-26-10-11-28(37)22-32(26)38)34(42)24-41(29-14-12-27(36)13-15-29)47(44,45)31-18-16-30(46-2)17-19-31/h5-19,22,33H,3-4,20-21,23-24H2,1-2H3,(H,39,43)/t33-/m0/s1. The van der Waals surface area contributed by atoms with Gasteiger partial charge in [-0.2, -0.15) is 0 Å². The molecule has 4 rings (SSSR count). The van der Waals surface area contributed by atoms with Gasteiger partial charge < -0.3 is 15.0 Å². The number of unbranched alkanes of at least 4 members (excludes halogenated alkanes) is 1. The fraction of sp³-hybridized carbons (Fsp3) is 0.257. The smallest absolute Gasteiger partial charge is 0.264 e. The molecule has 4 aromatic carbocycles. The minimum atomic E-state index is -4.29. The molecule has 0 heterocycles. The Morgan fingerprint density at radius 1 is 0.872 bits per heavy atom. The Morgan fingerprint density at radius 2 is 1.53 bits per heavy atom. The molecule has 12 heteroatoms. The number of carbonyl (C=O) groups is 2. The predicted octanol–water partition coefficient (Wildman–Crippen LogP) is 7.41. The van der Waals surface area contributed by atoms with Gasteiger partial charge in [-0.1, -0.05) is 84.5 Å². The SMILES string of the molecule is CCCCNC(=O)[C@H](Cc1ccccc1)N(Cc1ccc(Cl)cc1Cl)C(=O)CN(c1ccc(Cl)cc1)S(=O)(=O)c1ccc(OC)cc1. The number of halogens is 3. The molecule has 0 aliphatic carbocycles. The number of rotatable bonds is 15. The average molecular weight is 717 g/mol. The van der Waals surface area contributed by atoms with Crippen LogP contribution in [0.15, 0.2) is 102 Å². The monoisotopic (exact) mass is 715 g/mol. The van der Waals surface area contributed by atoms with Gasteiger partial charge in [0.15, 0.2) is 0 Å². The molecule has 0 aliphatic heterocycles. The van der Waals surface area contributed by atoms with Crippen molar-refractivity contribution >= 4 is 62.3 Å². The van der Waals surface area contributed by atoms with Crippen LogP contribution in [0.2, 0.25) is 15.1 Å². The molecule has 0 aromatic heterocycles. The lowest BCUT2D eigenvalue weighted by Crippen LogP contribution is -2.53. The molecule has 0 bridgehead atoms. The van der Waals surface area contributed by atoms with Crippen molar-refractivity contribution in [1.82, 2.24) is 10.2 Å². The maximum Gasteiger partial charge on any atom is 0.264 e. The summed E-state index contributed by atoms with van der Waals surface area (Å²) in [6, 6.07) is 25.2. The molecule has 1 atom stereocenters. The van der Waals surface area contributed by atoms with Crippen LogP contribution in [0.1, 0.15) is 30.9 Å². The molecule has 2 amide bonds. The van der Waals surface area contributed by atoms with Crippen LogP contribution >= 0.6 is 34.8 Å². The first-order valence-electron chi connectivity index (χ1n) is 15.0. The number of carbonyl (C=O) groups excluding carboxylic acids is 2. The van der Waals surface area contributed by atoms with Gasteiger partial charge in [0.05, 0.1) is 17.7 Å². The van der Waals surface area contributed by atoms with E-state index in [1.54, 1.807) is 30.3 Å². The third-order valence-corrected chi connectivity index (χ3v) is 10.1. The third-order valence-electron chi connectivity index (χ3n) is 7.50. The summed E-state index contributed by atoms with van der Waals surface area (Å²) in [6.45, 7) is 1.74. The largest absolute Gasteiger partial charge is 0.497 e. The maximum atomic E-state index is 14.5. The minimum absolute atomic E-state index is 0.0495. The lowest BCUT2D eigenvalue weighted by molar-refractivity contribution is -0.140. The molecule has 8 nitrogen and oxygen atoms in total. The first-order chi connectivity index (χ1) is 22.5. The summed E-state index contributed by atoms with van der Waals surface area (Å²) in [5, 5.41) is 4.07. The molecule has 0 saturated heterocycles. The third kappa shape index (κ3) is 9.64. The zero-order valence-electron chi connectivity index (χ0n) is 26.0. The van der Waals surface area contributed by atoms with Crippen LogP contribution in [0.3, 0.4) is 0 Å². The summed E-state index contributed by atoms with van der Waals surface area (Å²) in [6.07, 6.45) is 1.80. The summed E-state index contributed by atoms with van der Waals surface area (Å²) >= 11 is 18.9. The summed E-state index contributed by atoms with van der Waals surface area (Å²) < 4.78 is 34.5. The van der Waals surface area contributed by atoms with E-state index in [9.17, 15) is 18.0 Å². The van der Waals surface area contributed by atoms with Crippen molar-refractivity contribution in [3.8, 4) is 5.75 Å². The van der Waals surface area contributed by atoms with Crippen LogP contribution in [-0.2, 0) is 32.6 Å². The van der Waals surface area contributed by atoms with Crippen molar-refractivity contribution in [2.45, 2.75) is 43.7 Å². The summed E-state index contributed by atoms with van der Waals surface area (Å²) in [4.78, 5) is 29.7. The molecule has 4 aromatic rings. The molecule has 0 fully saturated rings. The van der Waals surface area contributed by atoms with Gasteiger partial charge in [0.1, 0.15) is 18.3 Å². The number of hydrogen-bond donors (Lipinski definition) is 1. The van der Waals surface area contributed by atoms with Gasteiger partial charge in [0.25, 0.3) is 10.0 Å². The molecular formula is C35H36Cl3N3O5S. The molecule has 0 aliphatic rings. The summed E-state index contributed by atoms with van der Waals surface area (Å²) in [7, 11) is -2.81. The fourth-order valence-corrected chi connectivity index (χ4v) is 6.91. The molecule has 47 heavy (non-hydrogen) atoms. The second-order valence-electron chi connectivity index (χ2n) is 10.8. The van der Waals surface area contributed by atoms with Crippen LogP contribution in [0.4, 0.5) is 5.69 Å². The van der Waals surface area contributed by atoms with E-state index >= 15 is 0 Å². The van der Waals surface area contributed by atoms with E-state index < -0.39 is 28.5 Å².